The molecule has 0 aliphatic heterocycles. The molecule has 1 N–H and O–H groups in total. The summed E-state index contributed by atoms with van der Waals surface area (Å²) in [5.74, 6) is 0.256. The molecule has 0 bridgehead atoms. The van der Waals surface area contributed by atoms with Crippen molar-refractivity contribution >= 4 is 5.97 Å². The molecule has 0 radical (unpaired) electrons. The summed E-state index contributed by atoms with van der Waals surface area (Å²) < 4.78 is 10.1. The molecule has 18 heavy (non-hydrogen) atoms. The summed E-state index contributed by atoms with van der Waals surface area (Å²) in [5.41, 5.74) is -0.550. The highest BCUT2D eigenvalue weighted by molar-refractivity contribution is 5.82. The third kappa shape index (κ3) is 3.67. The van der Waals surface area contributed by atoms with Crippen molar-refractivity contribution in [1.29, 1.82) is 0 Å². The van der Waals surface area contributed by atoms with Crippen molar-refractivity contribution in [2.24, 2.45) is 5.92 Å². The number of carbonyl (C=O) groups excluding carboxylic acids is 1. The number of esters is 1. The molecule has 1 unspecified atom stereocenters. The molecule has 106 valence electrons. The smallest absolute Gasteiger partial charge is 0.327 e. The van der Waals surface area contributed by atoms with Crippen LogP contribution in [0.4, 0.5) is 0 Å². The molecule has 1 fully saturated rings. The lowest BCUT2D eigenvalue weighted by Gasteiger charge is -2.35. The second kappa shape index (κ2) is 7.07. The van der Waals surface area contributed by atoms with E-state index in [1.807, 2.05) is 14.0 Å². The Labute approximate surface area is 110 Å². The molecular weight excluding hydrogens is 232 g/mol. The van der Waals surface area contributed by atoms with Gasteiger partial charge < -0.3 is 19.7 Å². The minimum atomic E-state index is -0.550. The zero-order valence-corrected chi connectivity index (χ0v) is 12.0. The van der Waals surface area contributed by atoms with E-state index in [0.29, 0.717) is 19.1 Å². The third-order valence-corrected chi connectivity index (χ3v) is 3.51. The van der Waals surface area contributed by atoms with Crippen LogP contribution in [0.25, 0.3) is 0 Å². The summed E-state index contributed by atoms with van der Waals surface area (Å²) >= 11 is 0. The monoisotopic (exact) mass is 258 g/mol. The second-order valence-corrected chi connectivity index (χ2v) is 5.00. The fraction of sp³-hybridized carbons (Fsp3) is 0.923. The van der Waals surface area contributed by atoms with Gasteiger partial charge in [-0.2, -0.15) is 0 Å². The highest BCUT2D eigenvalue weighted by Gasteiger charge is 2.51. The molecule has 1 aliphatic rings. The lowest BCUT2D eigenvalue weighted by atomic mass is 9.92. The predicted molar refractivity (Wildman–Crippen MR) is 70.5 cm³/mol. The molecule has 1 atom stereocenters. The van der Waals surface area contributed by atoms with Crippen LogP contribution in [0.2, 0.25) is 0 Å². The van der Waals surface area contributed by atoms with Crippen LogP contribution in [0.15, 0.2) is 0 Å². The van der Waals surface area contributed by atoms with Crippen molar-refractivity contribution in [3.05, 3.63) is 0 Å². The van der Waals surface area contributed by atoms with Gasteiger partial charge in [-0.1, -0.05) is 6.92 Å². The third-order valence-electron chi connectivity index (χ3n) is 3.51. The summed E-state index contributed by atoms with van der Waals surface area (Å²) in [6.45, 7) is 4.94. The van der Waals surface area contributed by atoms with Crippen LogP contribution in [0.1, 0.15) is 19.8 Å². The van der Waals surface area contributed by atoms with Gasteiger partial charge in [-0.05, 0) is 32.4 Å². The molecule has 0 aromatic carbocycles. The number of rotatable bonds is 9. The molecular formula is C13H26N2O3. The maximum atomic E-state index is 12.2. The Bertz CT molecular complexity index is 269. The summed E-state index contributed by atoms with van der Waals surface area (Å²) in [4.78, 5) is 14.3. The average Bonchev–Trinajstić information content (AvgIpc) is 3.19. The van der Waals surface area contributed by atoms with Gasteiger partial charge in [0.15, 0.2) is 0 Å². The van der Waals surface area contributed by atoms with Gasteiger partial charge in [0, 0.05) is 20.2 Å². The first-order valence-corrected chi connectivity index (χ1v) is 6.61. The summed E-state index contributed by atoms with van der Waals surface area (Å²) in [5, 5.41) is 3.36. The normalized spacial score (nSPS) is 18.7. The Morgan fingerprint density at radius 2 is 2.11 bits per heavy atom. The van der Waals surface area contributed by atoms with Crippen LogP contribution in [0.3, 0.4) is 0 Å². The van der Waals surface area contributed by atoms with Crippen LogP contribution < -0.4 is 5.32 Å². The van der Waals surface area contributed by atoms with E-state index >= 15 is 0 Å². The standard InChI is InChI=1S/C13H26N2O3/c1-5-14-13(11-6-7-11,12(16)18-4)10-15(2)8-9-17-3/h11,14H,5-10H2,1-4H3. The van der Waals surface area contributed by atoms with Crippen molar-refractivity contribution < 1.29 is 14.3 Å². The van der Waals surface area contributed by atoms with Crippen molar-refractivity contribution in [2.45, 2.75) is 25.3 Å². The van der Waals surface area contributed by atoms with Crippen LogP contribution >= 0.6 is 0 Å². The van der Waals surface area contributed by atoms with Gasteiger partial charge >= 0.3 is 5.97 Å². The molecule has 0 heterocycles. The Morgan fingerprint density at radius 1 is 1.44 bits per heavy atom. The number of nitrogens with zero attached hydrogens (tertiary/aromatic N) is 1. The highest BCUT2D eigenvalue weighted by atomic mass is 16.5. The van der Waals surface area contributed by atoms with Gasteiger partial charge in [-0.3, -0.25) is 0 Å². The summed E-state index contributed by atoms with van der Waals surface area (Å²) in [6, 6.07) is 0. The molecule has 0 amide bonds. The molecule has 0 spiro atoms. The highest BCUT2D eigenvalue weighted by Crippen LogP contribution is 2.40. The van der Waals surface area contributed by atoms with E-state index in [2.05, 4.69) is 10.2 Å². The van der Waals surface area contributed by atoms with Crippen LogP contribution in [0.5, 0.6) is 0 Å². The van der Waals surface area contributed by atoms with Crippen molar-refractivity contribution in [3.8, 4) is 0 Å². The zero-order valence-electron chi connectivity index (χ0n) is 12.0. The number of ether oxygens (including phenoxy) is 2. The van der Waals surface area contributed by atoms with Crippen molar-refractivity contribution in [2.75, 3.05) is 47.5 Å². The molecule has 0 aromatic heterocycles. The molecule has 0 saturated heterocycles. The molecule has 5 nitrogen and oxygen atoms in total. The van der Waals surface area contributed by atoms with Crippen LogP contribution in [-0.2, 0) is 14.3 Å². The maximum Gasteiger partial charge on any atom is 0.327 e. The van der Waals surface area contributed by atoms with E-state index in [0.717, 1.165) is 25.9 Å². The predicted octanol–water partition coefficient (Wildman–Crippen LogP) is 0.496. The van der Waals surface area contributed by atoms with E-state index < -0.39 is 5.54 Å². The second-order valence-electron chi connectivity index (χ2n) is 5.00. The summed E-state index contributed by atoms with van der Waals surface area (Å²) in [7, 11) is 5.16. The van der Waals surface area contributed by atoms with Gasteiger partial charge in [-0.25, -0.2) is 4.79 Å². The first kappa shape index (κ1) is 15.4. The average molecular weight is 258 g/mol. The quantitative estimate of drug-likeness (QED) is 0.610. The Balaban J connectivity index is 2.71. The first-order valence-electron chi connectivity index (χ1n) is 6.61. The minimum Gasteiger partial charge on any atom is -0.468 e. The van der Waals surface area contributed by atoms with Gasteiger partial charge in [0.25, 0.3) is 0 Å². The van der Waals surface area contributed by atoms with E-state index in [1.54, 1.807) is 7.11 Å². The Hall–Kier alpha value is -0.650. The topological polar surface area (TPSA) is 50.8 Å². The molecule has 1 aliphatic carbocycles. The van der Waals surface area contributed by atoms with Gasteiger partial charge in [0.05, 0.1) is 13.7 Å². The Kier molecular flexibility index (Phi) is 6.05. The lowest BCUT2D eigenvalue weighted by molar-refractivity contribution is -0.150. The fourth-order valence-corrected chi connectivity index (χ4v) is 2.46. The molecule has 0 aromatic rings. The van der Waals surface area contributed by atoms with E-state index in [-0.39, 0.29) is 5.97 Å². The van der Waals surface area contributed by atoms with Gasteiger partial charge in [-0.15, -0.1) is 0 Å². The molecule has 5 heteroatoms. The van der Waals surface area contributed by atoms with E-state index in [9.17, 15) is 4.79 Å². The molecule has 1 saturated carbocycles. The summed E-state index contributed by atoms with van der Waals surface area (Å²) in [6.07, 6.45) is 2.19. The number of methoxy groups -OCH3 is 2. The minimum absolute atomic E-state index is 0.142. The maximum absolute atomic E-state index is 12.2. The van der Waals surface area contributed by atoms with E-state index in [4.69, 9.17) is 9.47 Å². The Morgan fingerprint density at radius 3 is 2.56 bits per heavy atom. The number of nitrogens with one attached hydrogen (secondary N) is 1. The lowest BCUT2D eigenvalue weighted by Crippen LogP contribution is -2.61. The van der Waals surface area contributed by atoms with Crippen molar-refractivity contribution in [1.82, 2.24) is 10.2 Å². The van der Waals surface area contributed by atoms with E-state index in [1.165, 1.54) is 7.11 Å². The van der Waals surface area contributed by atoms with Gasteiger partial charge in [0.1, 0.15) is 5.54 Å². The first-order chi connectivity index (χ1) is 8.60. The number of hydrogen-bond acceptors (Lipinski definition) is 5. The van der Waals surface area contributed by atoms with Crippen LogP contribution in [0, 0.1) is 5.92 Å². The largest absolute Gasteiger partial charge is 0.468 e. The van der Waals surface area contributed by atoms with Gasteiger partial charge in [0.2, 0.25) is 0 Å². The SMILES string of the molecule is CCNC(CN(C)CCOC)(C(=O)OC)C1CC1. The number of hydrogen-bond donors (Lipinski definition) is 1. The van der Waals surface area contributed by atoms with Crippen LogP contribution in [-0.4, -0.2) is 63.9 Å². The number of likely N-dealkylation sites (N-methyl/N-ethyl adjacent to an activating group) is 2. The number of carbonyl (C=O) groups is 1. The molecule has 1 rings (SSSR count). The van der Waals surface area contributed by atoms with Crippen molar-refractivity contribution in [3.63, 3.8) is 0 Å². The fourth-order valence-electron chi connectivity index (χ4n) is 2.46. The zero-order chi connectivity index (χ0) is 13.6.